The molecule has 7 nitrogen and oxygen atoms in total. The van der Waals surface area contributed by atoms with Gasteiger partial charge in [0.2, 0.25) is 0 Å². The normalized spacial score (nSPS) is 15.3. The number of morpholine rings is 1. The summed E-state index contributed by atoms with van der Waals surface area (Å²) in [6.45, 7) is 18.9. The molecule has 0 radical (unpaired) electrons. The SMILES string of the molecule is CCCCC(CC)Cn1c2ccc(/C(CC(C)CC(C)(C)C)=N\OC(C)=O)cc2c2cc(C(=O)c3ccc(N4CCOCC4)cc3)c3ccccc3c21. The van der Waals surface area contributed by atoms with Crippen LogP contribution in [0.2, 0.25) is 0 Å². The van der Waals surface area contributed by atoms with Crippen molar-refractivity contribution in [2.75, 3.05) is 31.2 Å². The first-order valence-electron chi connectivity index (χ1n) is 19.7. The Morgan fingerprint density at radius 1 is 0.887 bits per heavy atom. The number of nitrogens with zero attached hydrogens (tertiary/aromatic N) is 3. The molecule has 1 saturated heterocycles. The van der Waals surface area contributed by atoms with Crippen LogP contribution in [0.5, 0.6) is 0 Å². The molecule has 53 heavy (non-hydrogen) atoms. The van der Waals surface area contributed by atoms with Gasteiger partial charge in [-0.1, -0.05) is 96.3 Å². The Morgan fingerprint density at radius 3 is 2.25 bits per heavy atom. The van der Waals surface area contributed by atoms with Gasteiger partial charge in [0.1, 0.15) is 0 Å². The van der Waals surface area contributed by atoms with Crippen molar-refractivity contribution >= 4 is 55.7 Å². The summed E-state index contributed by atoms with van der Waals surface area (Å²) < 4.78 is 8.04. The van der Waals surface area contributed by atoms with Crippen molar-refractivity contribution in [2.24, 2.45) is 22.4 Å². The van der Waals surface area contributed by atoms with E-state index < -0.39 is 5.97 Å². The molecule has 7 heteroatoms. The van der Waals surface area contributed by atoms with E-state index in [1.54, 1.807) is 0 Å². The molecular formula is C46H57N3O4. The highest BCUT2D eigenvalue weighted by molar-refractivity contribution is 6.26. The highest BCUT2D eigenvalue weighted by Crippen LogP contribution is 2.39. The Labute approximate surface area is 315 Å². The van der Waals surface area contributed by atoms with Crippen molar-refractivity contribution in [1.29, 1.82) is 0 Å². The van der Waals surface area contributed by atoms with Crippen LogP contribution in [-0.4, -0.2) is 48.3 Å². The Hall–Kier alpha value is -4.49. The van der Waals surface area contributed by atoms with Crippen molar-refractivity contribution in [3.63, 3.8) is 0 Å². The Bertz CT molecular complexity index is 2100. The number of fused-ring (bicyclic) bond motifs is 5. The number of aromatic nitrogens is 1. The Kier molecular flexibility index (Phi) is 12.0. The molecular weight excluding hydrogens is 659 g/mol. The van der Waals surface area contributed by atoms with Crippen molar-refractivity contribution < 1.29 is 19.2 Å². The summed E-state index contributed by atoms with van der Waals surface area (Å²) in [5, 5.41) is 8.58. The molecule has 0 bridgehead atoms. The summed E-state index contributed by atoms with van der Waals surface area (Å²) in [6.07, 6.45) is 6.33. The molecule has 280 valence electrons. The van der Waals surface area contributed by atoms with Gasteiger partial charge < -0.3 is 19.0 Å². The fraction of sp³-hybridized carbons (Fsp3) is 0.457. The number of oxime groups is 1. The predicted octanol–water partition coefficient (Wildman–Crippen LogP) is 11.0. The maximum Gasteiger partial charge on any atom is 0.331 e. The van der Waals surface area contributed by atoms with Gasteiger partial charge in [-0.15, -0.1) is 0 Å². The first-order chi connectivity index (χ1) is 25.5. The summed E-state index contributed by atoms with van der Waals surface area (Å²) in [5.41, 5.74) is 6.61. The molecule has 1 aliphatic heterocycles. The molecule has 2 atom stereocenters. The molecule has 1 aromatic heterocycles. The molecule has 1 fully saturated rings. The quantitative estimate of drug-likeness (QED) is 0.0495. The Morgan fingerprint density at radius 2 is 1.58 bits per heavy atom. The Balaban J connectivity index is 1.53. The van der Waals surface area contributed by atoms with E-state index >= 15 is 0 Å². The van der Waals surface area contributed by atoms with E-state index in [9.17, 15) is 9.59 Å². The fourth-order valence-corrected chi connectivity index (χ4v) is 8.27. The number of ketones is 1. The zero-order valence-electron chi connectivity index (χ0n) is 32.8. The van der Waals surface area contributed by atoms with Crippen molar-refractivity contribution in [1.82, 2.24) is 4.57 Å². The van der Waals surface area contributed by atoms with Gasteiger partial charge in [-0.25, -0.2) is 4.79 Å². The second kappa shape index (κ2) is 16.7. The summed E-state index contributed by atoms with van der Waals surface area (Å²) in [4.78, 5) is 34.1. The van der Waals surface area contributed by atoms with Crippen LogP contribution in [0.3, 0.4) is 0 Å². The standard InChI is InChI=1S/C46H57N3O4/c1-8-10-13-33(9-2)30-49-43-21-18-35(42(47-53-32(4)50)26-31(3)29-46(5,6)7)27-39(43)40-28-41(37-14-11-12-15-38(37)44(40)49)45(51)34-16-19-36(20-17-34)48-22-24-52-25-23-48/h11-12,14-21,27-28,31,33H,8-10,13,22-26,29-30H2,1-7H3/b47-42-. The molecule has 2 unspecified atom stereocenters. The van der Waals surface area contributed by atoms with Gasteiger partial charge in [-0.3, -0.25) is 4.79 Å². The van der Waals surface area contributed by atoms with Gasteiger partial charge in [-0.05, 0) is 84.4 Å². The largest absolute Gasteiger partial charge is 0.378 e. The molecule has 0 amide bonds. The first-order valence-corrected chi connectivity index (χ1v) is 19.7. The molecule has 0 spiro atoms. The molecule has 0 N–H and O–H groups in total. The molecule has 1 aliphatic rings. The van der Waals surface area contributed by atoms with E-state index in [4.69, 9.17) is 9.57 Å². The lowest BCUT2D eigenvalue weighted by Gasteiger charge is -2.28. The van der Waals surface area contributed by atoms with Crippen LogP contribution >= 0.6 is 0 Å². The minimum absolute atomic E-state index is 0.0103. The molecule has 2 heterocycles. The number of ether oxygens (including phenoxy) is 1. The van der Waals surface area contributed by atoms with Gasteiger partial charge in [0.15, 0.2) is 5.78 Å². The highest BCUT2D eigenvalue weighted by Gasteiger charge is 2.24. The van der Waals surface area contributed by atoms with E-state index in [1.807, 2.05) is 18.2 Å². The van der Waals surface area contributed by atoms with E-state index in [0.717, 1.165) is 82.0 Å². The minimum atomic E-state index is -0.436. The van der Waals surface area contributed by atoms with Crippen LogP contribution in [0.1, 0.15) is 108 Å². The summed E-state index contributed by atoms with van der Waals surface area (Å²) in [6, 6.07) is 25.1. The summed E-state index contributed by atoms with van der Waals surface area (Å²) >= 11 is 0. The molecule has 5 aromatic rings. The number of unbranched alkanes of at least 4 members (excludes halogenated alkanes) is 1. The number of hydrogen-bond donors (Lipinski definition) is 0. The van der Waals surface area contributed by atoms with Gasteiger partial charge in [0.25, 0.3) is 0 Å². The lowest BCUT2D eigenvalue weighted by atomic mass is 9.82. The third-order valence-corrected chi connectivity index (χ3v) is 10.7. The van der Waals surface area contributed by atoms with Crippen molar-refractivity contribution in [3.05, 3.63) is 89.5 Å². The van der Waals surface area contributed by atoms with Gasteiger partial charge in [-0.2, -0.15) is 0 Å². The lowest BCUT2D eigenvalue weighted by Crippen LogP contribution is -2.36. The average Bonchev–Trinajstić information content (AvgIpc) is 3.46. The van der Waals surface area contributed by atoms with Crippen molar-refractivity contribution in [3.8, 4) is 0 Å². The summed E-state index contributed by atoms with van der Waals surface area (Å²) in [5.74, 6) is 0.427. The average molecular weight is 716 g/mol. The van der Waals surface area contributed by atoms with Crippen LogP contribution in [-0.2, 0) is 20.9 Å². The third kappa shape index (κ3) is 8.84. The van der Waals surface area contributed by atoms with Crippen LogP contribution < -0.4 is 4.90 Å². The molecule has 0 saturated carbocycles. The first kappa shape index (κ1) is 38.2. The van der Waals surface area contributed by atoms with E-state index in [-0.39, 0.29) is 11.2 Å². The molecule has 0 aliphatic carbocycles. The number of rotatable bonds is 14. The molecule has 6 rings (SSSR count). The number of carbonyl (C=O) groups is 2. The predicted molar refractivity (Wildman–Crippen MR) is 219 cm³/mol. The minimum Gasteiger partial charge on any atom is -0.378 e. The molecule has 4 aromatic carbocycles. The maximum absolute atomic E-state index is 14.5. The number of carbonyl (C=O) groups excluding carboxylic acids is 2. The van der Waals surface area contributed by atoms with Crippen LogP contribution in [0.25, 0.3) is 32.6 Å². The van der Waals surface area contributed by atoms with Crippen LogP contribution in [0.4, 0.5) is 5.69 Å². The van der Waals surface area contributed by atoms with Crippen LogP contribution in [0, 0.1) is 17.3 Å². The topological polar surface area (TPSA) is 73.1 Å². The third-order valence-electron chi connectivity index (χ3n) is 10.7. The van der Waals surface area contributed by atoms with Gasteiger partial charge in [0.05, 0.1) is 24.4 Å². The van der Waals surface area contributed by atoms with Crippen LogP contribution in [0.15, 0.2) is 78.0 Å². The maximum atomic E-state index is 14.5. The zero-order valence-corrected chi connectivity index (χ0v) is 32.8. The lowest BCUT2D eigenvalue weighted by molar-refractivity contribution is -0.140. The highest BCUT2D eigenvalue weighted by atomic mass is 16.7. The fourth-order valence-electron chi connectivity index (χ4n) is 8.27. The number of hydrogen-bond acceptors (Lipinski definition) is 6. The van der Waals surface area contributed by atoms with E-state index in [2.05, 4.69) is 111 Å². The smallest absolute Gasteiger partial charge is 0.331 e. The van der Waals surface area contributed by atoms with E-state index in [0.29, 0.717) is 42.6 Å². The van der Waals surface area contributed by atoms with Gasteiger partial charge >= 0.3 is 5.97 Å². The van der Waals surface area contributed by atoms with Gasteiger partial charge in [0, 0.05) is 70.6 Å². The second-order valence-electron chi connectivity index (χ2n) is 16.3. The monoisotopic (exact) mass is 715 g/mol. The zero-order chi connectivity index (χ0) is 37.7. The summed E-state index contributed by atoms with van der Waals surface area (Å²) in [7, 11) is 0. The number of anilines is 1. The van der Waals surface area contributed by atoms with Crippen molar-refractivity contribution in [2.45, 2.75) is 93.5 Å². The van der Waals surface area contributed by atoms with E-state index in [1.165, 1.54) is 26.2 Å². The second-order valence-corrected chi connectivity index (χ2v) is 16.3. The number of benzene rings is 4.